The molecule has 2 aromatic heterocycles. The summed E-state index contributed by atoms with van der Waals surface area (Å²) in [6, 6.07) is 3.74. The lowest BCUT2D eigenvalue weighted by Crippen LogP contribution is -2.15. The summed E-state index contributed by atoms with van der Waals surface area (Å²) < 4.78 is 1.81. The molecular weight excluding hydrogens is 266 g/mol. The molecule has 0 aromatic carbocycles. The Bertz CT molecular complexity index is 648. The monoisotopic (exact) mass is 287 g/mol. The topological polar surface area (TPSA) is 85.8 Å². The summed E-state index contributed by atoms with van der Waals surface area (Å²) in [4.78, 5) is 16.7. The fourth-order valence-corrected chi connectivity index (χ4v) is 2.14. The Morgan fingerprint density at radius 1 is 1.33 bits per heavy atom. The number of carbonyl (C=O) groups is 1. The standard InChI is InChI=1S/C15H21N5O/c1-10-5-6-14(11(2)18-10)19-15(21)13-9-17-20(12(13)3)8-4-7-16/h5-6,9H,4,7-8,16H2,1-3H3,(H,19,21). The fourth-order valence-electron chi connectivity index (χ4n) is 2.14. The van der Waals surface area contributed by atoms with Crippen LogP contribution >= 0.6 is 0 Å². The molecule has 0 aliphatic rings. The largest absolute Gasteiger partial charge is 0.330 e. The number of amides is 1. The predicted octanol–water partition coefficient (Wildman–Crippen LogP) is 1.80. The Morgan fingerprint density at radius 2 is 2.10 bits per heavy atom. The van der Waals surface area contributed by atoms with Crippen molar-refractivity contribution in [3.05, 3.63) is 41.0 Å². The van der Waals surface area contributed by atoms with Crippen LogP contribution in [0.1, 0.15) is 33.9 Å². The third kappa shape index (κ3) is 3.46. The van der Waals surface area contributed by atoms with E-state index in [4.69, 9.17) is 5.73 Å². The lowest BCUT2D eigenvalue weighted by atomic mass is 10.2. The van der Waals surface area contributed by atoms with Crippen LogP contribution in [0.4, 0.5) is 5.69 Å². The molecule has 6 heteroatoms. The van der Waals surface area contributed by atoms with Gasteiger partial charge in [-0.15, -0.1) is 0 Å². The summed E-state index contributed by atoms with van der Waals surface area (Å²) in [7, 11) is 0. The maximum Gasteiger partial charge on any atom is 0.259 e. The van der Waals surface area contributed by atoms with Crippen molar-refractivity contribution in [1.82, 2.24) is 14.8 Å². The number of rotatable bonds is 5. The molecule has 112 valence electrons. The van der Waals surface area contributed by atoms with Gasteiger partial charge in [0.25, 0.3) is 5.91 Å². The van der Waals surface area contributed by atoms with Crippen LogP contribution in [0.3, 0.4) is 0 Å². The SMILES string of the molecule is Cc1ccc(NC(=O)c2cnn(CCCN)c2C)c(C)n1. The van der Waals surface area contributed by atoms with E-state index in [0.29, 0.717) is 12.1 Å². The first-order valence-corrected chi connectivity index (χ1v) is 7.01. The van der Waals surface area contributed by atoms with Crippen molar-refractivity contribution in [2.24, 2.45) is 5.73 Å². The minimum Gasteiger partial charge on any atom is -0.330 e. The van der Waals surface area contributed by atoms with Crippen molar-refractivity contribution < 1.29 is 4.79 Å². The zero-order valence-corrected chi connectivity index (χ0v) is 12.7. The molecule has 0 unspecified atom stereocenters. The quantitative estimate of drug-likeness (QED) is 0.878. The van der Waals surface area contributed by atoms with Gasteiger partial charge in [-0.25, -0.2) is 0 Å². The highest BCUT2D eigenvalue weighted by Gasteiger charge is 2.15. The number of carbonyl (C=O) groups excluding carboxylic acids is 1. The minimum atomic E-state index is -0.166. The van der Waals surface area contributed by atoms with Crippen LogP contribution in [-0.2, 0) is 6.54 Å². The van der Waals surface area contributed by atoms with Gasteiger partial charge in [-0.3, -0.25) is 14.5 Å². The van der Waals surface area contributed by atoms with E-state index in [1.807, 2.05) is 37.6 Å². The van der Waals surface area contributed by atoms with Gasteiger partial charge in [-0.1, -0.05) is 0 Å². The van der Waals surface area contributed by atoms with Gasteiger partial charge < -0.3 is 11.1 Å². The Balaban J connectivity index is 2.15. The summed E-state index contributed by atoms with van der Waals surface area (Å²) in [6.45, 7) is 7.01. The molecule has 2 rings (SSSR count). The summed E-state index contributed by atoms with van der Waals surface area (Å²) in [6.07, 6.45) is 2.43. The van der Waals surface area contributed by atoms with E-state index in [1.165, 1.54) is 0 Å². The number of nitrogens with one attached hydrogen (secondary N) is 1. The van der Waals surface area contributed by atoms with E-state index in [0.717, 1.165) is 35.7 Å². The van der Waals surface area contributed by atoms with Gasteiger partial charge in [0.1, 0.15) is 0 Å². The van der Waals surface area contributed by atoms with E-state index in [9.17, 15) is 4.79 Å². The molecule has 0 fully saturated rings. The molecule has 0 aliphatic carbocycles. The molecule has 3 N–H and O–H groups in total. The van der Waals surface area contributed by atoms with Gasteiger partial charge in [0, 0.05) is 17.9 Å². The van der Waals surface area contributed by atoms with E-state index in [1.54, 1.807) is 6.20 Å². The van der Waals surface area contributed by atoms with Crippen LogP contribution < -0.4 is 11.1 Å². The van der Waals surface area contributed by atoms with Crippen LogP contribution in [-0.4, -0.2) is 27.2 Å². The zero-order chi connectivity index (χ0) is 15.4. The number of anilines is 1. The van der Waals surface area contributed by atoms with Gasteiger partial charge in [0.05, 0.1) is 23.1 Å². The molecule has 0 bridgehead atoms. The van der Waals surface area contributed by atoms with Gasteiger partial charge >= 0.3 is 0 Å². The summed E-state index contributed by atoms with van der Waals surface area (Å²) in [5, 5.41) is 7.12. The number of pyridine rings is 1. The third-order valence-electron chi connectivity index (χ3n) is 3.40. The van der Waals surface area contributed by atoms with Gasteiger partial charge in [-0.2, -0.15) is 5.10 Å². The Hall–Kier alpha value is -2.21. The summed E-state index contributed by atoms with van der Waals surface area (Å²) >= 11 is 0. The first kappa shape index (κ1) is 15.2. The molecular formula is C15H21N5O. The number of hydrogen-bond acceptors (Lipinski definition) is 4. The molecule has 0 spiro atoms. The van der Waals surface area contributed by atoms with Crippen LogP contribution in [0.25, 0.3) is 0 Å². The number of nitrogens with two attached hydrogens (primary N) is 1. The van der Waals surface area contributed by atoms with Gasteiger partial charge in [-0.05, 0) is 45.9 Å². The van der Waals surface area contributed by atoms with Crippen LogP contribution in [0.5, 0.6) is 0 Å². The van der Waals surface area contributed by atoms with Crippen LogP contribution in [0, 0.1) is 20.8 Å². The van der Waals surface area contributed by atoms with Crippen LogP contribution in [0.15, 0.2) is 18.3 Å². The normalized spacial score (nSPS) is 10.7. The second-order valence-electron chi connectivity index (χ2n) is 5.05. The van der Waals surface area contributed by atoms with Crippen molar-refractivity contribution >= 4 is 11.6 Å². The molecule has 0 saturated heterocycles. The highest BCUT2D eigenvalue weighted by molar-refractivity contribution is 6.05. The predicted molar refractivity (Wildman–Crippen MR) is 82.3 cm³/mol. The number of nitrogens with zero attached hydrogens (tertiary/aromatic N) is 3. The molecule has 0 aliphatic heterocycles. The van der Waals surface area contributed by atoms with E-state index in [-0.39, 0.29) is 5.91 Å². The first-order chi connectivity index (χ1) is 10.0. The third-order valence-corrected chi connectivity index (χ3v) is 3.40. The molecule has 0 radical (unpaired) electrons. The molecule has 6 nitrogen and oxygen atoms in total. The molecule has 0 atom stereocenters. The molecule has 2 heterocycles. The van der Waals surface area contributed by atoms with E-state index >= 15 is 0 Å². The smallest absolute Gasteiger partial charge is 0.259 e. The van der Waals surface area contributed by atoms with E-state index < -0.39 is 0 Å². The van der Waals surface area contributed by atoms with Crippen LogP contribution in [0.2, 0.25) is 0 Å². The zero-order valence-electron chi connectivity index (χ0n) is 12.7. The second-order valence-corrected chi connectivity index (χ2v) is 5.05. The second kappa shape index (κ2) is 6.49. The minimum absolute atomic E-state index is 0.166. The fraction of sp³-hybridized carbons (Fsp3) is 0.400. The Kier molecular flexibility index (Phi) is 4.70. The molecule has 21 heavy (non-hydrogen) atoms. The number of hydrogen-bond donors (Lipinski definition) is 2. The van der Waals surface area contributed by atoms with Gasteiger partial charge in [0.2, 0.25) is 0 Å². The maximum absolute atomic E-state index is 12.3. The Labute approximate surface area is 124 Å². The average Bonchev–Trinajstić information content (AvgIpc) is 2.81. The van der Waals surface area contributed by atoms with Crippen molar-refractivity contribution in [2.75, 3.05) is 11.9 Å². The van der Waals surface area contributed by atoms with Gasteiger partial charge in [0.15, 0.2) is 0 Å². The average molecular weight is 287 g/mol. The number of aryl methyl sites for hydroxylation is 3. The van der Waals surface area contributed by atoms with Crippen molar-refractivity contribution in [3.63, 3.8) is 0 Å². The lowest BCUT2D eigenvalue weighted by Gasteiger charge is -2.08. The Morgan fingerprint density at radius 3 is 2.76 bits per heavy atom. The summed E-state index contributed by atoms with van der Waals surface area (Å²) in [5.74, 6) is -0.166. The van der Waals surface area contributed by atoms with Crippen molar-refractivity contribution in [3.8, 4) is 0 Å². The highest BCUT2D eigenvalue weighted by atomic mass is 16.1. The molecule has 2 aromatic rings. The summed E-state index contributed by atoms with van der Waals surface area (Å²) in [5.41, 5.74) is 9.37. The van der Waals surface area contributed by atoms with Crippen molar-refractivity contribution in [1.29, 1.82) is 0 Å². The highest BCUT2D eigenvalue weighted by Crippen LogP contribution is 2.15. The molecule has 1 amide bonds. The maximum atomic E-state index is 12.3. The first-order valence-electron chi connectivity index (χ1n) is 7.01. The lowest BCUT2D eigenvalue weighted by molar-refractivity contribution is 0.102. The molecule has 0 saturated carbocycles. The van der Waals surface area contributed by atoms with Crippen molar-refractivity contribution in [2.45, 2.75) is 33.7 Å². The number of aromatic nitrogens is 3. The van der Waals surface area contributed by atoms with E-state index in [2.05, 4.69) is 15.4 Å².